The zero-order chi connectivity index (χ0) is 15.2. The van der Waals surface area contributed by atoms with E-state index >= 15 is 0 Å². The summed E-state index contributed by atoms with van der Waals surface area (Å²) in [5.74, 6) is -0.202. The number of nitrogens with one attached hydrogen (secondary N) is 1. The second-order valence-corrected chi connectivity index (χ2v) is 5.39. The van der Waals surface area contributed by atoms with Crippen LogP contribution in [0.25, 0.3) is 0 Å². The summed E-state index contributed by atoms with van der Waals surface area (Å²) in [6.07, 6.45) is 1.94. The Hall–Kier alpha value is -1.43. The topological polar surface area (TPSA) is 72.2 Å². The molecule has 0 unspecified atom stereocenters. The highest BCUT2D eigenvalue weighted by molar-refractivity contribution is 9.09. The smallest absolute Gasteiger partial charge is 0.269 e. The minimum absolute atomic E-state index is 0.0153. The Morgan fingerprint density at radius 1 is 1.30 bits per heavy atom. The molecule has 0 aromatic heterocycles. The molecule has 20 heavy (non-hydrogen) atoms. The third-order valence-corrected chi connectivity index (χ3v) is 4.94. The van der Waals surface area contributed by atoms with Gasteiger partial charge < -0.3 is 5.32 Å². The van der Waals surface area contributed by atoms with E-state index in [0.29, 0.717) is 12.1 Å². The number of carbonyl (C=O) groups is 1. The highest BCUT2D eigenvalue weighted by atomic mass is 79.9. The van der Waals surface area contributed by atoms with Crippen molar-refractivity contribution in [3.05, 3.63) is 39.9 Å². The average Bonchev–Trinajstić information content (AvgIpc) is 2.49. The molecule has 0 aliphatic heterocycles. The number of non-ortho nitro benzene ring substituents is 1. The summed E-state index contributed by atoms with van der Waals surface area (Å²) >= 11 is 3.50. The number of nitrogens with zero attached hydrogens (tertiary/aromatic N) is 1. The standard InChI is InChI=1S/C14H19BrN2O3/c1-3-14(4-2,9-15)10-16-13(18)11-5-7-12(8-6-11)17(19)20/h5-8H,3-4,9-10H2,1-2H3,(H,16,18). The number of carbonyl (C=O) groups excluding carboxylic acids is 1. The molecule has 1 rings (SSSR count). The van der Waals surface area contributed by atoms with E-state index in [-0.39, 0.29) is 17.0 Å². The number of hydrogen-bond donors (Lipinski definition) is 1. The summed E-state index contributed by atoms with van der Waals surface area (Å²) in [5.41, 5.74) is 0.473. The lowest BCUT2D eigenvalue weighted by atomic mass is 9.84. The lowest BCUT2D eigenvalue weighted by Crippen LogP contribution is -2.38. The molecule has 5 nitrogen and oxygen atoms in total. The maximum absolute atomic E-state index is 12.0. The molecule has 0 radical (unpaired) electrons. The van der Waals surface area contributed by atoms with Crippen molar-refractivity contribution >= 4 is 27.5 Å². The van der Waals surface area contributed by atoms with Gasteiger partial charge >= 0.3 is 0 Å². The third-order valence-electron chi connectivity index (χ3n) is 3.75. The first-order valence-corrected chi connectivity index (χ1v) is 7.68. The number of nitro groups is 1. The van der Waals surface area contributed by atoms with Gasteiger partial charge in [-0.15, -0.1) is 0 Å². The van der Waals surface area contributed by atoms with Crippen molar-refractivity contribution in [2.24, 2.45) is 5.41 Å². The average molecular weight is 343 g/mol. The van der Waals surface area contributed by atoms with Crippen molar-refractivity contribution < 1.29 is 9.72 Å². The van der Waals surface area contributed by atoms with Crippen LogP contribution in [0, 0.1) is 15.5 Å². The second kappa shape index (κ2) is 7.38. The maximum atomic E-state index is 12.0. The summed E-state index contributed by atoms with van der Waals surface area (Å²) < 4.78 is 0. The van der Waals surface area contributed by atoms with Gasteiger partial charge in [-0.1, -0.05) is 29.8 Å². The highest BCUT2D eigenvalue weighted by Crippen LogP contribution is 2.27. The van der Waals surface area contributed by atoms with Gasteiger partial charge in [-0.2, -0.15) is 0 Å². The Bertz CT molecular complexity index is 462. The Morgan fingerprint density at radius 3 is 2.25 bits per heavy atom. The van der Waals surface area contributed by atoms with Crippen molar-refractivity contribution in [3.63, 3.8) is 0 Å². The van der Waals surface area contributed by atoms with Crippen LogP contribution < -0.4 is 5.32 Å². The van der Waals surface area contributed by atoms with Crippen molar-refractivity contribution in [3.8, 4) is 0 Å². The van der Waals surface area contributed by atoms with Crippen molar-refractivity contribution in [1.29, 1.82) is 0 Å². The number of benzene rings is 1. The van der Waals surface area contributed by atoms with Crippen molar-refractivity contribution in [1.82, 2.24) is 5.32 Å². The number of amides is 1. The van der Waals surface area contributed by atoms with Crippen LogP contribution >= 0.6 is 15.9 Å². The van der Waals surface area contributed by atoms with Crippen LogP contribution in [0.1, 0.15) is 37.0 Å². The monoisotopic (exact) mass is 342 g/mol. The number of alkyl halides is 1. The summed E-state index contributed by atoms with van der Waals surface area (Å²) in [6.45, 7) is 4.78. The van der Waals surface area contributed by atoms with Crippen LogP contribution in [0.15, 0.2) is 24.3 Å². The zero-order valence-electron chi connectivity index (χ0n) is 11.7. The first kappa shape index (κ1) is 16.6. The van der Waals surface area contributed by atoms with Gasteiger partial charge in [0.2, 0.25) is 0 Å². The van der Waals surface area contributed by atoms with Gasteiger partial charge in [0.15, 0.2) is 0 Å². The fraction of sp³-hybridized carbons (Fsp3) is 0.500. The second-order valence-electron chi connectivity index (χ2n) is 4.83. The number of hydrogen-bond acceptors (Lipinski definition) is 3. The quantitative estimate of drug-likeness (QED) is 0.468. The van der Waals surface area contributed by atoms with Gasteiger partial charge in [0.1, 0.15) is 0 Å². The van der Waals surface area contributed by atoms with E-state index in [1.54, 1.807) is 0 Å². The molecule has 0 bridgehead atoms. The SMILES string of the molecule is CCC(CC)(CBr)CNC(=O)c1ccc([N+](=O)[O-])cc1. The summed E-state index contributed by atoms with van der Waals surface area (Å²) in [5, 5.41) is 14.3. The summed E-state index contributed by atoms with van der Waals surface area (Å²) in [6, 6.07) is 5.63. The fourth-order valence-corrected chi connectivity index (χ4v) is 2.83. The molecule has 0 atom stereocenters. The van der Waals surface area contributed by atoms with E-state index in [4.69, 9.17) is 0 Å². The van der Waals surface area contributed by atoms with Gasteiger partial charge in [0.05, 0.1) is 4.92 Å². The molecule has 1 aromatic carbocycles. The first-order chi connectivity index (χ1) is 9.48. The molecular weight excluding hydrogens is 324 g/mol. The molecular formula is C14H19BrN2O3. The minimum Gasteiger partial charge on any atom is -0.351 e. The van der Waals surface area contributed by atoms with Crippen LogP contribution in [0.5, 0.6) is 0 Å². The predicted molar refractivity (Wildman–Crippen MR) is 82.2 cm³/mol. The van der Waals surface area contributed by atoms with Gasteiger partial charge in [-0.05, 0) is 30.4 Å². The van der Waals surface area contributed by atoms with Crippen molar-refractivity contribution in [2.45, 2.75) is 26.7 Å². The fourth-order valence-electron chi connectivity index (χ4n) is 1.84. The Labute approximate surface area is 127 Å². The van der Waals surface area contributed by atoms with E-state index in [9.17, 15) is 14.9 Å². The summed E-state index contributed by atoms with van der Waals surface area (Å²) in [4.78, 5) is 22.1. The molecule has 1 N–H and O–H groups in total. The summed E-state index contributed by atoms with van der Waals surface area (Å²) in [7, 11) is 0. The zero-order valence-corrected chi connectivity index (χ0v) is 13.3. The lowest BCUT2D eigenvalue weighted by Gasteiger charge is -2.29. The van der Waals surface area contributed by atoms with Crippen LogP contribution in [0.3, 0.4) is 0 Å². The first-order valence-electron chi connectivity index (χ1n) is 6.56. The third kappa shape index (κ3) is 4.03. The molecule has 0 heterocycles. The van der Waals surface area contributed by atoms with E-state index in [1.165, 1.54) is 24.3 Å². The molecule has 0 fully saturated rings. The number of nitro benzene ring substituents is 1. The lowest BCUT2D eigenvalue weighted by molar-refractivity contribution is -0.384. The molecule has 0 saturated carbocycles. The normalized spacial score (nSPS) is 11.2. The molecule has 110 valence electrons. The Morgan fingerprint density at radius 2 is 1.85 bits per heavy atom. The largest absolute Gasteiger partial charge is 0.351 e. The molecule has 1 amide bonds. The van der Waals surface area contributed by atoms with E-state index in [2.05, 4.69) is 35.1 Å². The predicted octanol–water partition coefficient (Wildman–Crippen LogP) is 3.53. The minimum atomic E-state index is -0.480. The number of rotatable bonds is 7. The van der Waals surface area contributed by atoms with Crippen molar-refractivity contribution in [2.75, 3.05) is 11.9 Å². The molecule has 1 aromatic rings. The Kier molecular flexibility index (Phi) is 6.13. The van der Waals surface area contributed by atoms with Crippen LogP contribution in [0.2, 0.25) is 0 Å². The van der Waals surface area contributed by atoms with Gasteiger partial charge in [0, 0.05) is 29.6 Å². The highest BCUT2D eigenvalue weighted by Gasteiger charge is 2.25. The molecule has 0 aliphatic rings. The van der Waals surface area contributed by atoms with Crippen LogP contribution in [0.4, 0.5) is 5.69 Å². The van der Waals surface area contributed by atoms with Gasteiger partial charge in [0.25, 0.3) is 11.6 Å². The number of halogens is 1. The van der Waals surface area contributed by atoms with E-state index in [1.807, 2.05) is 0 Å². The molecule has 6 heteroatoms. The van der Waals surface area contributed by atoms with Crippen LogP contribution in [-0.2, 0) is 0 Å². The van der Waals surface area contributed by atoms with Gasteiger partial charge in [-0.25, -0.2) is 0 Å². The Balaban J connectivity index is 2.69. The van der Waals surface area contributed by atoms with E-state index in [0.717, 1.165) is 18.2 Å². The molecule has 0 saturated heterocycles. The molecule has 0 spiro atoms. The van der Waals surface area contributed by atoms with Gasteiger partial charge in [-0.3, -0.25) is 14.9 Å². The van der Waals surface area contributed by atoms with Crippen LogP contribution in [-0.4, -0.2) is 22.7 Å². The maximum Gasteiger partial charge on any atom is 0.269 e. The molecule has 0 aliphatic carbocycles. The van der Waals surface area contributed by atoms with E-state index < -0.39 is 4.92 Å².